The number of rotatable bonds is 0. The largest absolute Gasteiger partial charge is 0.506 e. The lowest BCUT2D eigenvalue weighted by atomic mass is 9.84. The molecule has 0 radical (unpaired) electrons. The van der Waals surface area contributed by atoms with Gasteiger partial charge in [0.25, 0.3) is 0 Å². The topological polar surface area (TPSA) is 32.6 Å². The Morgan fingerprint density at radius 2 is 1.32 bits per heavy atom. The van der Waals surface area contributed by atoms with Crippen LogP contribution in [0.1, 0.15) is 76.8 Å². The monoisotopic (exact) mass is 509 g/mol. The van der Waals surface area contributed by atoms with Gasteiger partial charge in [-0.1, -0.05) is 55.0 Å². The van der Waals surface area contributed by atoms with E-state index in [-0.39, 0.29) is 24.0 Å². The van der Waals surface area contributed by atoms with E-state index in [1.165, 1.54) is 27.8 Å². The van der Waals surface area contributed by atoms with Crippen LogP contribution in [-0.2, 0) is 17.4 Å². The number of hydrogen-bond donors (Lipinski definition) is 1. The smallest absolute Gasteiger partial charge is 0.143 e. The highest BCUT2D eigenvalue weighted by Crippen LogP contribution is 2.37. The molecule has 0 unspecified atom stereocenters. The molecule has 2 aromatic rings. The molecule has 0 atom stereocenters. The summed E-state index contributed by atoms with van der Waals surface area (Å²) in [5.74, 6) is 0.257. The van der Waals surface area contributed by atoms with E-state index in [0.29, 0.717) is 0 Å². The van der Waals surface area contributed by atoms with Gasteiger partial charge in [-0.15, -0.1) is 0 Å². The van der Waals surface area contributed by atoms with Crippen LogP contribution in [0.15, 0.2) is 38.2 Å². The third-order valence-electron chi connectivity index (χ3n) is 4.74. The van der Waals surface area contributed by atoms with Crippen LogP contribution >= 0.6 is 31.9 Å². The Hall–Kier alpha value is -1.13. The summed E-state index contributed by atoms with van der Waals surface area (Å²) in [5.41, 5.74) is 7.01. The molecule has 154 valence electrons. The fourth-order valence-electron chi connectivity index (χ4n) is 2.84. The normalized spacial score (nSPS) is 12.8. The molecule has 1 aliphatic rings. The van der Waals surface area contributed by atoms with Gasteiger partial charge in [-0.05, 0) is 95.6 Å². The lowest BCUT2D eigenvalue weighted by Crippen LogP contribution is -2.12. The van der Waals surface area contributed by atoms with E-state index in [1.807, 2.05) is 18.3 Å². The molecule has 2 nitrogen and oxygen atoms in total. The van der Waals surface area contributed by atoms with Gasteiger partial charge >= 0.3 is 0 Å². The van der Waals surface area contributed by atoms with Crippen molar-refractivity contribution in [2.75, 3.05) is 0 Å². The van der Waals surface area contributed by atoms with Crippen molar-refractivity contribution in [2.24, 2.45) is 4.99 Å². The number of phenolic OH excluding ortho intramolecular Hbond substituents is 1. The summed E-state index contributed by atoms with van der Waals surface area (Å²) < 4.78 is 1.46. The number of aromatic hydroxyl groups is 1. The predicted molar refractivity (Wildman–Crippen MR) is 130 cm³/mol. The van der Waals surface area contributed by atoms with E-state index in [1.54, 1.807) is 0 Å². The first kappa shape index (κ1) is 24.9. The maximum Gasteiger partial charge on any atom is 0.143 e. The summed E-state index contributed by atoms with van der Waals surface area (Å²) >= 11 is 6.62. The second-order valence-electron chi connectivity index (χ2n) is 9.12. The zero-order valence-electron chi connectivity index (χ0n) is 17.2. The average molecular weight is 511 g/mol. The molecule has 1 heterocycles. The van der Waals surface area contributed by atoms with E-state index in [2.05, 4.69) is 97.5 Å². The standard InChI is InChI=1S/C13H17N.C10H12Br2O.CH4/c1-9-5-11(13(2,3)4)6-10-7-14-8-12(9)10;1-10(2,3)6-4-7(11)9(13)8(12)5-6;/h5-7H,8H2,1-4H3;4-5,13H,1-3H3;1H4. The van der Waals surface area contributed by atoms with E-state index < -0.39 is 0 Å². The van der Waals surface area contributed by atoms with Gasteiger partial charge in [0, 0.05) is 6.21 Å². The lowest BCUT2D eigenvalue weighted by Gasteiger charge is -2.21. The minimum atomic E-state index is 0. The van der Waals surface area contributed by atoms with Crippen molar-refractivity contribution < 1.29 is 5.11 Å². The van der Waals surface area contributed by atoms with Crippen LogP contribution < -0.4 is 0 Å². The molecule has 0 spiro atoms. The van der Waals surface area contributed by atoms with Crippen molar-refractivity contribution in [2.45, 2.75) is 73.3 Å². The van der Waals surface area contributed by atoms with Crippen LogP contribution in [0.5, 0.6) is 5.75 Å². The second kappa shape index (κ2) is 9.13. The Morgan fingerprint density at radius 1 is 0.857 bits per heavy atom. The molecule has 28 heavy (non-hydrogen) atoms. The fourth-order valence-corrected chi connectivity index (χ4v) is 4.03. The number of halogens is 2. The molecule has 3 rings (SSSR count). The molecule has 2 aromatic carbocycles. The van der Waals surface area contributed by atoms with E-state index >= 15 is 0 Å². The van der Waals surface area contributed by atoms with Gasteiger partial charge in [0.2, 0.25) is 0 Å². The van der Waals surface area contributed by atoms with Crippen LogP contribution in [0, 0.1) is 6.92 Å². The summed E-state index contributed by atoms with van der Waals surface area (Å²) in [6, 6.07) is 8.46. The number of aryl methyl sites for hydroxylation is 1. The summed E-state index contributed by atoms with van der Waals surface area (Å²) in [6.45, 7) is 16.2. The molecule has 1 N–H and O–H groups in total. The molecule has 0 aromatic heterocycles. The first-order chi connectivity index (χ1) is 12.3. The van der Waals surface area contributed by atoms with Crippen LogP contribution in [0.25, 0.3) is 0 Å². The molecular weight excluding hydrogens is 478 g/mol. The highest BCUT2D eigenvalue weighted by atomic mass is 79.9. The van der Waals surface area contributed by atoms with Crippen molar-refractivity contribution >= 4 is 38.1 Å². The van der Waals surface area contributed by atoms with Gasteiger partial charge in [-0.2, -0.15) is 0 Å². The van der Waals surface area contributed by atoms with Gasteiger partial charge < -0.3 is 5.11 Å². The molecule has 0 fully saturated rings. The molecule has 0 saturated heterocycles. The maximum atomic E-state index is 9.50. The highest BCUT2D eigenvalue weighted by molar-refractivity contribution is 9.11. The highest BCUT2D eigenvalue weighted by Gasteiger charge is 2.18. The van der Waals surface area contributed by atoms with Crippen LogP contribution in [0.2, 0.25) is 0 Å². The van der Waals surface area contributed by atoms with Crippen LogP contribution in [0.4, 0.5) is 0 Å². The number of benzene rings is 2. The van der Waals surface area contributed by atoms with Crippen LogP contribution in [-0.4, -0.2) is 11.3 Å². The first-order valence-electron chi connectivity index (χ1n) is 9.13. The molecule has 0 amide bonds. The van der Waals surface area contributed by atoms with Crippen LogP contribution in [0.3, 0.4) is 0 Å². The Labute approximate surface area is 187 Å². The molecule has 0 saturated carbocycles. The molecule has 4 heteroatoms. The van der Waals surface area contributed by atoms with Gasteiger partial charge in [0.05, 0.1) is 15.5 Å². The summed E-state index contributed by atoms with van der Waals surface area (Å²) in [7, 11) is 0. The Kier molecular flexibility index (Phi) is 8.12. The third-order valence-corrected chi connectivity index (χ3v) is 5.95. The Balaban J connectivity index is 0.000000271. The quantitative estimate of drug-likeness (QED) is 0.381. The van der Waals surface area contributed by atoms with E-state index in [9.17, 15) is 5.11 Å². The Morgan fingerprint density at radius 3 is 1.79 bits per heavy atom. The molecule has 1 aliphatic heterocycles. The number of aliphatic imine (C=N–C) groups is 1. The van der Waals surface area contributed by atoms with Gasteiger partial charge in [-0.3, -0.25) is 4.99 Å². The van der Waals surface area contributed by atoms with Crippen molar-refractivity contribution in [1.82, 2.24) is 0 Å². The zero-order chi connectivity index (χ0) is 20.6. The van der Waals surface area contributed by atoms with E-state index in [4.69, 9.17) is 0 Å². The lowest BCUT2D eigenvalue weighted by molar-refractivity contribution is 0.467. The SMILES string of the molecule is C.CC(C)(C)c1cc(Br)c(O)c(Br)c1.Cc1cc(C(C)(C)C)cc2c1CN=C2. The van der Waals surface area contributed by atoms with Crippen molar-refractivity contribution in [3.8, 4) is 5.75 Å². The van der Waals surface area contributed by atoms with Gasteiger partial charge in [-0.25, -0.2) is 0 Å². The Bertz CT molecular complexity index is 848. The van der Waals surface area contributed by atoms with Gasteiger partial charge in [0.15, 0.2) is 0 Å². The summed E-state index contributed by atoms with van der Waals surface area (Å²) in [5, 5.41) is 9.50. The molecule has 0 bridgehead atoms. The van der Waals surface area contributed by atoms with Gasteiger partial charge in [0.1, 0.15) is 5.75 Å². The number of hydrogen-bond acceptors (Lipinski definition) is 2. The minimum absolute atomic E-state index is 0. The predicted octanol–water partition coefficient (Wildman–Crippen LogP) is 8.08. The minimum Gasteiger partial charge on any atom is -0.506 e. The average Bonchev–Trinajstić information content (AvgIpc) is 3.00. The molecule has 0 aliphatic carbocycles. The zero-order valence-corrected chi connectivity index (χ0v) is 20.4. The molecular formula is C24H33Br2NO. The van der Waals surface area contributed by atoms with Crippen molar-refractivity contribution in [3.63, 3.8) is 0 Å². The summed E-state index contributed by atoms with van der Waals surface area (Å²) in [6.07, 6.45) is 2.00. The fraction of sp³-hybridized carbons (Fsp3) is 0.458. The van der Waals surface area contributed by atoms with Crippen molar-refractivity contribution in [1.29, 1.82) is 0 Å². The number of nitrogens with zero attached hydrogens (tertiary/aromatic N) is 1. The summed E-state index contributed by atoms with van der Waals surface area (Å²) in [4.78, 5) is 4.31. The number of phenols is 1. The second-order valence-corrected chi connectivity index (χ2v) is 10.8. The van der Waals surface area contributed by atoms with Crippen molar-refractivity contribution in [3.05, 3.63) is 61.0 Å². The van der Waals surface area contributed by atoms with E-state index in [0.717, 1.165) is 15.5 Å². The third kappa shape index (κ3) is 5.93. The maximum absolute atomic E-state index is 9.50. The first-order valence-corrected chi connectivity index (χ1v) is 10.7. The number of fused-ring (bicyclic) bond motifs is 1.